The molecule has 0 fully saturated rings. The third-order valence-corrected chi connectivity index (χ3v) is 8.56. The standard InChI is InChI=1S/C15H17OPS/c1-17(13-18(2)16,14-9-5-3-6-10-14)15-11-7-4-8-12-15/h3-13H,1-2H3. The Balaban J connectivity index is 2.67. The molecule has 3 heteroatoms. The first kappa shape index (κ1) is 13.3. The first-order chi connectivity index (χ1) is 8.63. The Morgan fingerprint density at radius 2 is 1.28 bits per heavy atom. The Hall–Kier alpha value is -1.11. The highest BCUT2D eigenvalue weighted by Crippen LogP contribution is 2.40. The molecule has 0 aliphatic rings. The van der Waals surface area contributed by atoms with Gasteiger partial charge in [-0.05, 0) is 24.2 Å². The largest absolute Gasteiger partial charge is 0.255 e. The smallest absolute Gasteiger partial charge is 0.0431 e. The van der Waals surface area contributed by atoms with Crippen LogP contribution in [-0.2, 0) is 10.8 Å². The molecule has 0 aliphatic heterocycles. The molecule has 0 aliphatic carbocycles. The molecule has 0 spiro atoms. The number of hydrogen-bond acceptors (Lipinski definition) is 1. The van der Waals surface area contributed by atoms with E-state index in [2.05, 4.69) is 30.9 Å². The predicted molar refractivity (Wildman–Crippen MR) is 85.1 cm³/mol. The molecule has 18 heavy (non-hydrogen) atoms. The van der Waals surface area contributed by atoms with Gasteiger partial charge in [0.25, 0.3) is 0 Å². The van der Waals surface area contributed by atoms with Crippen LogP contribution in [0.15, 0.2) is 60.7 Å². The molecule has 1 nitrogen and oxygen atoms in total. The van der Waals surface area contributed by atoms with Crippen LogP contribution in [0.1, 0.15) is 0 Å². The zero-order chi connectivity index (χ0) is 13.0. The molecule has 1 atom stereocenters. The zero-order valence-electron chi connectivity index (χ0n) is 10.6. The van der Waals surface area contributed by atoms with Gasteiger partial charge in [-0.25, -0.2) is 0 Å². The predicted octanol–water partition coefficient (Wildman–Crippen LogP) is 2.42. The Morgan fingerprint density at radius 1 is 0.889 bits per heavy atom. The molecule has 0 amide bonds. The third-order valence-electron chi connectivity index (χ3n) is 2.94. The van der Waals surface area contributed by atoms with E-state index >= 15 is 0 Å². The summed E-state index contributed by atoms with van der Waals surface area (Å²) in [5.41, 5.74) is 0. The molecule has 2 rings (SSSR count). The fraction of sp³-hybridized carbons (Fsp3) is 0.133. The van der Waals surface area contributed by atoms with E-state index in [1.165, 1.54) is 10.6 Å². The summed E-state index contributed by atoms with van der Waals surface area (Å²) in [5.74, 6) is 0. The minimum absolute atomic E-state index is 0.912. The average Bonchev–Trinajstić information content (AvgIpc) is 2.40. The van der Waals surface area contributed by atoms with E-state index in [0.29, 0.717) is 0 Å². The first-order valence-corrected chi connectivity index (χ1v) is 9.71. The van der Waals surface area contributed by atoms with Crippen LogP contribution in [0.4, 0.5) is 0 Å². The van der Waals surface area contributed by atoms with Gasteiger partial charge in [0.15, 0.2) is 0 Å². The number of benzene rings is 2. The summed E-state index contributed by atoms with van der Waals surface area (Å²) in [6.07, 6.45) is 1.74. The van der Waals surface area contributed by atoms with Crippen molar-refractivity contribution in [2.75, 3.05) is 12.9 Å². The summed E-state index contributed by atoms with van der Waals surface area (Å²) in [5, 5.41) is 4.55. The maximum absolute atomic E-state index is 11.7. The van der Waals surface area contributed by atoms with Crippen LogP contribution in [0.3, 0.4) is 0 Å². The van der Waals surface area contributed by atoms with E-state index in [1.807, 2.05) is 41.5 Å². The highest BCUT2D eigenvalue weighted by Gasteiger charge is 2.16. The Kier molecular flexibility index (Phi) is 4.21. The van der Waals surface area contributed by atoms with Crippen molar-refractivity contribution in [1.82, 2.24) is 0 Å². The Labute approximate surface area is 111 Å². The highest BCUT2D eigenvalue weighted by molar-refractivity contribution is 8.11. The third kappa shape index (κ3) is 2.82. The number of hydrogen-bond donors (Lipinski definition) is 0. The van der Waals surface area contributed by atoms with E-state index in [9.17, 15) is 4.21 Å². The van der Waals surface area contributed by atoms with Crippen LogP contribution in [0, 0.1) is 0 Å². The second-order valence-electron chi connectivity index (χ2n) is 4.35. The zero-order valence-corrected chi connectivity index (χ0v) is 12.3. The van der Waals surface area contributed by atoms with Crippen molar-refractivity contribution >= 4 is 33.4 Å². The van der Waals surface area contributed by atoms with Crippen LogP contribution in [0.2, 0.25) is 0 Å². The summed E-state index contributed by atoms with van der Waals surface area (Å²) < 4.78 is 11.7. The maximum atomic E-state index is 11.7. The van der Waals surface area contributed by atoms with Crippen molar-refractivity contribution in [3.8, 4) is 0 Å². The monoisotopic (exact) mass is 276 g/mol. The highest BCUT2D eigenvalue weighted by atomic mass is 32.2. The lowest BCUT2D eigenvalue weighted by Crippen LogP contribution is -2.17. The quantitative estimate of drug-likeness (QED) is 0.787. The van der Waals surface area contributed by atoms with E-state index in [0.717, 1.165) is 0 Å². The fourth-order valence-electron chi connectivity index (χ4n) is 2.04. The van der Waals surface area contributed by atoms with Gasteiger partial charge in [0, 0.05) is 22.2 Å². The molecule has 0 saturated heterocycles. The van der Waals surface area contributed by atoms with Gasteiger partial charge in [-0.15, -0.1) is 0 Å². The molecule has 2 aromatic carbocycles. The number of rotatable bonds is 3. The average molecular weight is 276 g/mol. The Morgan fingerprint density at radius 3 is 1.61 bits per heavy atom. The fourth-order valence-corrected chi connectivity index (χ4v) is 7.27. The molecule has 0 heterocycles. The molecule has 94 valence electrons. The van der Waals surface area contributed by atoms with Crippen LogP contribution >= 0.6 is 6.89 Å². The van der Waals surface area contributed by atoms with Gasteiger partial charge >= 0.3 is 0 Å². The summed E-state index contributed by atoms with van der Waals surface area (Å²) in [6.45, 7) is 0.566. The van der Waals surface area contributed by atoms with Crippen molar-refractivity contribution in [2.24, 2.45) is 0 Å². The van der Waals surface area contributed by atoms with Crippen LogP contribution < -0.4 is 10.6 Å². The van der Waals surface area contributed by atoms with Gasteiger partial charge in [0.1, 0.15) is 0 Å². The van der Waals surface area contributed by atoms with E-state index in [-0.39, 0.29) is 0 Å². The molecule has 0 saturated carbocycles. The molecular formula is C15H17OPS. The molecule has 0 radical (unpaired) electrons. The minimum Gasteiger partial charge on any atom is -0.255 e. The molecular weight excluding hydrogens is 259 g/mol. The van der Waals surface area contributed by atoms with Crippen LogP contribution in [-0.4, -0.2) is 22.3 Å². The summed E-state index contributed by atoms with van der Waals surface area (Å²) >= 11 is 0. The van der Waals surface area contributed by atoms with Crippen molar-refractivity contribution in [3.05, 3.63) is 60.7 Å². The van der Waals surface area contributed by atoms with E-state index < -0.39 is 17.7 Å². The maximum Gasteiger partial charge on any atom is 0.0431 e. The second-order valence-corrected chi connectivity index (χ2v) is 9.37. The molecule has 0 bridgehead atoms. The normalized spacial score (nSPS) is 13.0. The lowest BCUT2D eigenvalue weighted by molar-refractivity contribution is 0.694. The van der Waals surface area contributed by atoms with Crippen LogP contribution in [0.25, 0.3) is 0 Å². The topological polar surface area (TPSA) is 17.1 Å². The van der Waals surface area contributed by atoms with Gasteiger partial charge < -0.3 is 0 Å². The van der Waals surface area contributed by atoms with E-state index in [4.69, 9.17) is 0 Å². The van der Waals surface area contributed by atoms with Crippen LogP contribution in [0.5, 0.6) is 0 Å². The molecule has 0 N–H and O–H groups in total. The summed E-state index contributed by atoms with van der Waals surface area (Å²) in [4.78, 5) is 0. The second kappa shape index (κ2) is 5.69. The van der Waals surface area contributed by atoms with Crippen molar-refractivity contribution in [3.63, 3.8) is 0 Å². The lowest BCUT2D eigenvalue weighted by atomic mass is 10.4. The van der Waals surface area contributed by atoms with Gasteiger partial charge in [-0.2, -0.15) is 0 Å². The molecule has 0 aromatic heterocycles. The first-order valence-electron chi connectivity index (χ1n) is 5.78. The SMILES string of the molecule is CS(=O)C=P(C)(c1ccccc1)c1ccccc1. The van der Waals surface area contributed by atoms with Crippen molar-refractivity contribution in [1.29, 1.82) is 0 Å². The summed E-state index contributed by atoms with van der Waals surface area (Å²) in [6, 6.07) is 20.7. The van der Waals surface area contributed by atoms with E-state index in [1.54, 1.807) is 6.26 Å². The van der Waals surface area contributed by atoms with Crippen molar-refractivity contribution in [2.45, 2.75) is 0 Å². The van der Waals surface area contributed by atoms with Gasteiger partial charge in [-0.3, -0.25) is 4.21 Å². The Bertz CT molecular complexity index is 547. The van der Waals surface area contributed by atoms with Gasteiger partial charge in [-0.1, -0.05) is 60.7 Å². The van der Waals surface area contributed by atoms with Gasteiger partial charge in [0.05, 0.1) is 0 Å². The van der Waals surface area contributed by atoms with Crippen molar-refractivity contribution < 1.29 is 4.21 Å². The molecule has 2 aromatic rings. The lowest BCUT2D eigenvalue weighted by Gasteiger charge is -2.22. The van der Waals surface area contributed by atoms with Gasteiger partial charge in [0.2, 0.25) is 0 Å². The molecule has 1 unspecified atom stereocenters. The minimum atomic E-state index is -1.66. The summed E-state index contributed by atoms with van der Waals surface area (Å²) in [7, 11) is -0.912.